The lowest BCUT2D eigenvalue weighted by Gasteiger charge is -2.24. The van der Waals surface area contributed by atoms with Crippen molar-refractivity contribution < 1.29 is 28.6 Å². The van der Waals surface area contributed by atoms with Crippen LogP contribution < -0.4 is 9.47 Å². The minimum atomic E-state index is -0.700. The van der Waals surface area contributed by atoms with Crippen molar-refractivity contribution in [2.75, 3.05) is 7.11 Å². The van der Waals surface area contributed by atoms with E-state index in [9.17, 15) is 14.4 Å². The summed E-state index contributed by atoms with van der Waals surface area (Å²) in [4.78, 5) is 41.0. The van der Waals surface area contributed by atoms with E-state index in [1.807, 2.05) is 33.8 Å². The first kappa shape index (κ1) is 25.0. The second kappa shape index (κ2) is 10.9. The molecule has 3 atom stereocenters. The number of benzene rings is 1. The third kappa shape index (κ3) is 6.15. The third-order valence-electron chi connectivity index (χ3n) is 5.41. The summed E-state index contributed by atoms with van der Waals surface area (Å²) in [5.41, 5.74) is 3.38. The fourth-order valence-corrected chi connectivity index (χ4v) is 3.48. The van der Waals surface area contributed by atoms with Crippen LogP contribution in [0.5, 0.6) is 11.5 Å². The van der Waals surface area contributed by atoms with E-state index in [-0.39, 0.29) is 35.6 Å². The van der Waals surface area contributed by atoms with Crippen LogP contribution >= 0.6 is 0 Å². The molecule has 0 aliphatic rings. The minimum absolute atomic E-state index is 0.00179. The van der Waals surface area contributed by atoms with Gasteiger partial charge in [-0.1, -0.05) is 37.6 Å². The van der Waals surface area contributed by atoms with Gasteiger partial charge in [0.15, 0.2) is 17.2 Å². The Labute approximate surface area is 189 Å². The van der Waals surface area contributed by atoms with Crippen LogP contribution in [0.15, 0.2) is 30.5 Å². The molecule has 0 saturated carbocycles. The maximum Gasteiger partial charge on any atom is 0.309 e. The monoisotopic (exact) mass is 441 g/mol. The number of hydrogen-bond donors (Lipinski definition) is 0. The van der Waals surface area contributed by atoms with Crippen LogP contribution in [0.25, 0.3) is 0 Å². The molecule has 0 fully saturated rings. The molecule has 0 amide bonds. The van der Waals surface area contributed by atoms with Crippen LogP contribution in [-0.4, -0.2) is 35.9 Å². The lowest BCUT2D eigenvalue weighted by atomic mass is 9.91. The number of esters is 2. The number of carbonyl (C=O) groups is 3. The van der Waals surface area contributed by atoms with Crippen molar-refractivity contribution in [2.45, 2.75) is 60.0 Å². The molecule has 1 aromatic carbocycles. The maximum absolute atomic E-state index is 12.8. The average Bonchev–Trinajstić information content (AvgIpc) is 2.72. The van der Waals surface area contributed by atoms with Crippen LogP contribution in [0.4, 0.5) is 0 Å². The topological polar surface area (TPSA) is 91.8 Å². The second-order valence-corrected chi connectivity index (χ2v) is 8.10. The average molecular weight is 442 g/mol. The predicted octanol–water partition coefficient (Wildman–Crippen LogP) is 4.58. The molecule has 7 heteroatoms. The zero-order valence-electron chi connectivity index (χ0n) is 19.7. The molecule has 0 aliphatic heterocycles. The van der Waals surface area contributed by atoms with E-state index in [2.05, 4.69) is 17.1 Å². The Morgan fingerprint density at radius 1 is 1.06 bits per heavy atom. The SMILES string of the molecule is COc1ccnc(C(=O)C[C@@H](C)C(=O)O[C@H](C)[C@H](C)c2ccc(C)cc2C)c1OC(C)=O. The van der Waals surface area contributed by atoms with E-state index >= 15 is 0 Å². The Balaban J connectivity index is 2.09. The third-order valence-corrected chi connectivity index (χ3v) is 5.41. The normalized spacial score (nSPS) is 13.6. The molecule has 0 saturated heterocycles. The van der Waals surface area contributed by atoms with E-state index < -0.39 is 23.6 Å². The first-order valence-electron chi connectivity index (χ1n) is 10.6. The van der Waals surface area contributed by atoms with Gasteiger partial charge < -0.3 is 14.2 Å². The van der Waals surface area contributed by atoms with E-state index in [1.165, 1.54) is 31.9 Å². The van der Waals surface area contributed by atoms with Gasteiger partial charge in [-0.25, -0.2) is 4.98 Å². The number of ketones is 1. The van der Waals surface area contributed by atoms with Gasteiger partial charge in [-0.05, 0) is 31.9 Å². The van der Waals surface area contributed by atoms with Crippen molar-refractivity contribution in [3.8, 4) is 11.5 Å². The number of aromatic nitrogens is 1. The fraction of sp³-hybridized carbons (Fsp3) is 0.440. The molecule has 0 bridgehead atoms. The number of rotatable bonds is 9. The zero-order valence-corrected chi connectivity index (χ0v) is 19.7. The summed E-state index contributed by atoms with van der Waals surface area (Å²) in [7, 11) is 1.40. The van der Waals surface area contributed by atoms with Gasteiger partial charge in [0, 0.05) is 31.5 Å². The van der Waals surface area contributed by atoms with Gasteiger partial charge in [0.2, 0.25) is 5.75 Å². The van der Waals surface area contributed by atoms with E-state index in [0.717, 1.165) is 11.1 Å². The summed E-state index contributed by atoms with van der Waals surface area (Å²) in [6.45, 7) is 10.8. The Kier molecular flexibility index (Phi) is 8.52. The highest BCUT2D eigenvalue weighted by atomic mass is 16.6. The van der Waals surface area contributed by atoms with Crippen molar-refractivity contribution in [1.29, 1.82) is 0 Å². The highest BCUT2D eigenvalue weighted by molar-refractivity contribution is 5.99. The molecule has 1 heterocycles. The van der Waals surface area contributed by atoms with E-state index in [1.54, 1.807) is 6.92 Å². The summed E-state index contributed by atoms with van der Waals surface area (Å²) in [5, 5.41) is 0. The van der Waals surface area contributed by atoms with Gasteiger partial charge in [-0.2, -0.15) is 0 Å². The molecule has 2 rings (SSSR count). The van der Waals surface area contributed by atoms with Gasteiger partial charge in [-0.15, -0.1) is 0 Å². The number of Topliss-reactive ketones (excluding diaryl/α,β-unsaturated/α-hetero) is 1. The highest BCUT2D eigenvalue weighted by Gasteiger charge is 2.27. The van der Waals surface area contributed by atoms with Crippen molar-refractivity contribution in [2.24, 2.45) is 5.92 Å². The molecule has 7 nitrogen and oxygen atoms in total. The molecule has 0 radical (unpaired) electrons. The minimum Gasteiger partial charge on any atom is -0.493 e. The van der Waals surface area contributed by atoms with Crippen LogP contribution in [0, 0.1) is 19.8 Å². The lowest BCUT2D eigenvalue weighted by Crippen LogP contribution is -2.26. The van der Waals surface area contributed by atoms with Gasteiger partial charge in [0.05, 0.1) is 13.0 Å². The van der Waals surface area contributed by atoms with Gasteiger partial charge in [0.25, 0.3) is 0 Å². The molecular formula is C25H31NO6. The highest BCUT2D eigenvalue weighted by Crippen LogP contribution is 2.31. The lowest BCUT2D eigenvalue weighted by molar-refractivity contribution is -0.153. The first-order valence-corrected chi connectivity index (χ1v) is 10.6. The summed E-state index contributed by atoms with van der Waals surface area (Å²) in [6.07, 6.45) is 0.876. The number of aryl methyl sites for hydroxylation is 2. The van der Waals surface area contributed by atoms with Crippen LogP contribution in [-0.2, 0) is 14.3 Å². The zero-order chi connectivity index (χ0) is 24.0. The summed E-state index contributed by atoms with van der Waals surface area (Å²) in [6, 6.07) is 7.68. The number of ether oxygens (including phenoxy) is 3. The molecule has 0 spiro atoms. The van der Waals surface area contributed by atoms with Gasteiger partial charge in [-0.3, -0.25) is 14.4 Å². The smallest absolute Gasteiger partial charge is 0.309 e. The Morgan fingerprint density at radius 3 is 2.34 bits per heavy atom. The molecule has 2 aromatic rings. The van der Waals surface area contributed by atoms with E-state index in [0.29, 0.717) is 0 Å². The number of hydrogen-bond acceptors (Lipinski definition) is 7. The number of methoxy groups -OCH3 is 1. The Hall–Kier alpha value is -3.22. The standard InChI is InChI=1S/C25H31NO6/c1-14-8-9-20(15(2)12-14)17(4)18(5)31-25(29)16(3)13-21(28)23-24(32-19(6)27)22(30-7)10-11-26-23/h8-12,16-18H,13H2,1-7H3/t16-,17+,18-/m1/s1. The van der Waals surface area contributed by atoms with Gasteiger partial charge >= 0.3 is 11.9 Å². The fourth-order valence-electron chi connectivity index (χ4n) is 3.48. The van der Waals surface area contributed by atoms with Crippen molar-refractivity contribution in [3.05, 3.63) is 52.8 Å². The number of nitrogens with zero attached hydrogens (tertiary/aromatic N) is 1. The van der Waals surface area contributed by atoms with Crippen LogP contribution in [0.3, 0.4) is 0 Å². The second-order valence-electron chi connectivity index (χ2n) is 8.10. The Bertz CT molecular complexity index is 1000. The summed E-state index contributed by atoms with van der Waals surface area (Å²) < 4.78 is 16.0. The van der Waals surface area contributed by atoms with Crippen LogP contribution in [0.1, 0.15) is 67.2 Å². The molecule has 172 valence electrons. The number of carbonyl (C=O) groups excluding carboxylic acids is 3. The number of pyridine rings is 1. The van der Waals surface area contributed by atoms with Gasteiger partial charge in [0.1, 0.15) is 6.10 Å². The molecular weight excluding hydrogens is 410 g/mol. The van der Waals surface area contributed by atoms with Crippen LogP contribution in [0.2, 0.25) is 0 Å². The quantitative estimate of drug-likeness (QED) is 0.415. The van der Waals surface area contributed by atoms with Crippen molar-refractivity contribution >= 4 is 17.7 Å². The van der Waals surface area contributed by atoms with Crippen molar-refractivity contribution in [1.82, 2.24) is 4.98 Å². The molecule has 0 aliphatic carbocycles. The van der Waals surface area contributed by atoms with Crippen molar-refractivity contribution in [3.63, 3.8) is 0 Å². The summed E-state index contributed by atoms with van der Waals surface area (Å²) in [5.74, 6) is -2.06. The molecule has 0 unspecified atom stereocenters. The molecule has 32 heavy (non-hydrogen) atoms. The summed E-state index contributed by atoms with van der Waals surface area (Å²) >= 11 is 0. The maximum atomic E-state index is 12.8. The predicted molar refractivity (Wildman–Crippen MR) is 120 cm³/mol. The largest absolute Gasteiger partial charge is 0.493 e. The molecule has 1 aromatic heterocycles. The van der Waals surface area contributed by atoms with E-state index in [4.69, 9.17) is 14.2 Å². The first-order chi connectivity index (χ1) is 15.0. The Morgan fingerprint density at radius 2 is 1.75 bits per heavy atom. The molecule has 0 N–H and O–H groups in total.